The van der Waals surface area contributed by atoms with Crippen molar-refractivity contribution < 1.29 is 0 Å². The molecule has 4 rings (SSSR count). The zero-order valence-electron chi connectivity index (χ0n) is 17.8. The van der Waals surface area contributed by atoms with Crippen LogP contribution in [-0.4, -0.2) is 72.1 Å². The Bertz CT molecular complexity index is 772. The zero-order chi connectivity index (χ0) is 20.1. The third-order valence-electron chi connectivity index (χ3n) is 6.05. The van der Waals surface area contributed by atoms with Crippen molar-refractivity contribution in [2.75, 3.05) is 56.5 Å². The molecule has 0 bridgehead atoms. The molecule has 6 nitrogen and oxygen atoms in total. The molecule has 2 aliphatic rings. The molecule has 1 aromatic carbocycles. The second kappa shape index (κ2) is 9.55. The SMILES string of the molecule is Cc1cc(N2CCCN(C)CC2)nc(NC2CCN(Cc3ccccc3)CC2)n1. The lowest BCUT2D eigenvalue weighted by atomic mass is 10.0. The molecular weight excluding hydrogens is 360 g/mol. The topological polar surface area (TPSA) is 47.5 Å². The maximum Gasteiger partial charge on any atom is 0.225 e. The number of likely N-dealkylation sites (N-methyl/N-ethyl adjacent to an activating group) is 1. The summed E-state index contributed by atoms with van der Waals surface area (Å²) >= 11 is 0. The van der Waals surface area contributed by atoms with Gasteiger partial charge in [0.1, 0.15) is 5.82 Å². The largest absolute Gasteiger partial charge is 0.355 e. The third-order valence-corrected chi connectivity index (χ3v) is 6.05. The summed E-state index contributed by atoms with van der Waals surface area (Å²) in [5.74, 6) is 1.86. The van der Waals surface area contributed by atoms with Crippen molar-refractivity contribution in [3.05, 3.63) is 47.7 Å². The fraction of sp³-hybridized carbons (Fsp3) is 0.565. The van der Waals surface area contributed by atoms with E-state index in [4.69, 9.17) is 4.98 Å². The van der Waals surface area contributed by atoms with E-state index in [0.29, 0.717) is 6.04 Å². The van der Waals surface area contributed by atoms with Gasteiger partial charge in [-0.25, -0.2) is 4.98 Å². The summed E-state index contributed by atoms with van der Waals surface area (Å²) in [5, 5.41) is 3.62. The quantitative estimate of drug-likeness (QED) is 0.841. The van der Waals surface area contributed by atoms with Gasteiger partial charge in [-0.3, -0.25) is 4.90 Å². The maximum atomic E-state index is 4.88. The minimum absolute atomic E-state index is 0.451. The van der Waals surface area contributed by atoms with Crippen molar-refractivity contribution in [1.29, 1.82) is 0 Å². The summed E-state index contributed by atoms with van der Waals surface area (Å²) in [5.41, 5.74) is 2.44. The van der Waals surface area contributed by atoms with Crippen molar-refractivity contribution in [3.8, 4) is 0 Å². The number of rotatable bonds is 5. The van der Waals surface area contributed by atoms with Crippen LogP contribution in [-0.2, 0) is 6.54 Å². The van der Waals surface area contributed by atoms with Crippen molar-refractivity contribution in [1.82, 2.24) is 19.8 Å². The molecule has 0 spiro atoms. The first-order valence-corrected chi connectivity index (χ1v) is 11.0. The molecule has 0 unspecified atom stereocenters. The number of hydrogen-bond donors (Lipinski definition) is 1. The van der Waals surface area contributed by atoms with Gasteiger partial charge in [0, 0.05) is 57.1 Å². The Labute approximate surface area is 174 Å². The second-order valence-electron chi connectivity index (χ2n) is 8.52. The van der Waals surface area contributed by atoms with Crippen molar-refractivity contribution >= 4 is 11.8 Å². The van der Waals surface area contributed by atoms with Gasteiger partial charge in [-0.1, -0.05) is 30.3 Å². The first-order valence-electron chi connectivity index (χ1n) is 11.0. The number of aryl methyl sites for hydroxylation is 1. The van der Waals surface area contributed by atoms with E-state index in [1.807, 2.05) is 0 Å². The molecule has 2 aromatic rings. The van der Waals surface area contributed by atoms with E-state index in [0.717, 1.165) is 76.1 Å². The molecule has 0 saturated carbocycles. The van der Waals surface area contributed by atoms with Gasteiger partial charge in [0.15, 0.2) is 0 Å². The summed E-state index contributed by atoms with van der Waals surface area (Å²) in [4.78, 5) is 16.9. The van der Waals surface area contributed by atoms with Crippen LogP contribution < -0.4 is 10.2 Å². The Morgan fingerprint density at radius 1 is 0.966 bits per heavy atom. The van der Waals surface area contributed by atoms with Gasteiger partial charge in [-0.05, 0) is 45.3 Å². The number of nitrogens with zero attached hydrogens (tertiary/aromatic N) is 5. The molecule has 156 valence electrons. The highest BCUT2D eigenvalue weighted by atomic mass is 15.3. The lowest BCUT2D eigenvalue weighted by Gasteiger charge is -2.32. The molecule has 2 aliphatic heterocycles. The van der Waals surface area contributed by atoms with Gasteiger partial charge < -0.3 is 15.1 Å². The number of anilines is 2. The van der Waals surface area contributed by atoms with Crippen molar-refractivity contribution in [3.63, 3.8) is 0 Å². The predicted molar refractivity (Wildman–Crippen MR) is 119 cm³/mol. The average molecular weight is 395 g/mol. The van der Waals surface area contributed by atoms with Crippen LogP contribution in [0.5, 0.6) is 0 Å². The summed E-state index contributed by atoms with van der Waals surface area (Å²) < 4.78 is 0. The molecule has 2 fully saturated rings. The molecule has 1 N–H and O–H groups in total. The van der Waals surface area contributed by atoms with E-state index in [-0.39, 0.29) is 0 Å². The molecule has 0 radical (unpaired) electrons. The summed E-state index contributed by atoms with van der Waals surface area (Å²) in [6.07, 6.45) is 3.45. The molecular formula is C23H34N6. The van der Waals surface area contributed by atoms with Crippen LogP contribution in [0.1, 0.15) is 30.5 Å². The molecule has 0 amide bonds. The van der Waals surface area contributed by atoms with Crippen LogP contribution in [0.15, 0.2) is 36.4 Å². The standard InChI is InChI=1S/C23H34N6/c1-19-17-22(29-12-6-11-27(2)15-16-29)26-23(24-19)25-21-9-13-28(14-10-21)18-20-7-4-3-5-8-20/h3-5,7-8,17,21H,6,9-16,18H2,1-2H3,(H,24,25,26). The van der Waals surface area contributed by atoms with Gasteiger partial charge in [-0.2, -0.15) is 4.98 Å². The van der Waals surface area contributed by atoms with Crippen LogP contribution in [0.4, 0.5) is 11.8 Å². The molecule has 1 aromatic heterocycles. The average Bonchev–Trinajstić information content (AvgIpc) is 2.94. The summed E-state index contributed by atoms with van der Waals surface area (Å²) in [6, 6.07) is 13.3. The molecule has 0 aliphatic carbocycles. The first kappa shape index (κ1) is 20.1. The minimum Gasteiger partial charge on any atom is -0.355 e. The number of piperidine rings is 1. The number of nitrogens with one attached hydrogen (secondary N) is 1. The van der Waals surface area contributed by atoms with Crippen LogP contribution in [0.2, 0.25) is 0 Å². The Morgan fingerprint density at radius 2 is 1.76 bits per heavy atom. The molecule has 6 heteroatoms. The summed E-state index contributed by atoms with van der Waals surface area (Å²) in [7, 11) is 2.20. The van der Waals surface area contributed by atoms with Crippen molar-refractivity contribution in [2.45, 2.75) is 38.8 Å². The zero-order valence-corrected chi connectivity index (χ0v) is 17.8. The lowest BCUT2D eigenvalue weighted by Crippen LogP contribution is -2.39. The fourth-order valence-corrected chi connectivity index (χ4v) is 4.31. The highest BCUT2D eigenvalue weighted by Crippen LogP contribution is 2.20. The Kier molecular flexibility index (Phi) is 6.62. The van der Waals surface area contributed by atoms with Crippen LogP contribution in [0, 0.1) is 6.92 Å². The smallest absolute Gasteiger partial charge is 0.225 e. The van der Waals surface area contributed by atoms with E-state index in [1.54, 1.807) is 0 Å². The van der Waals surface area contributed by atoms with Gasteiger partial charge in [-0.15, -0.1) is 0 Å². The van der Waals surface area contributed by atoms with Crippen LogP contribution >= 0.6 is 0 Å². The van der Waals surface area contributed by atoms with Gasteiger partial charge in [0.25, 0.3) is 0 Å². The monoisotopic (exact) mass is 394 g/mol. The second-order valence-corrected chi connectivity index (χ2v) is 8.52. The lowest BCUT2D eigenvalue weighted by molar-refractivity contribution is 0.211. The number of benzene rings is 1. The van der Waals surface area contributed by atoms with E-state index >= 15 is 0 Å². The van der Waals surface area contributed by atoms with Crippen LogP contribution in [0.3, 0.4) is 0 Å². The normalized spacial score (nSPS) is 19.9. The van der Waals surface area contributed by atoms with E-state index in [1.165, 1.54) is 12.0 Å². The van der Waals surface area contributed by atoms with Crippen LogP contribution in [0.25, 0.3) is 0 Å². The fourth-order valence-electron chi connectivity index (χ4n) is 4.31. The highest BCUT2D eigenvalue weighted by molar-refractivity contribution is 5.45. The van der Waals surface area contributed by atoms with Gasteiger partial charge in [0.05, 0.1) is 0 Å². The number of aromatic nitrogens is 2. The highest BCUT2D eigenvalue weighted by Gasteiger charge is 2.21. The van der Waals surface area contributed by atoms with E-state index in [9.17, 15) is 0 Å². The molecule has 2 saturated heterocycles. The molecule has 3 heterocycles. The Balaban J connectivity index is 1.33. The van der Waals surface area contributed by atoms with E-state index < -0.39 is 0 Å². The maximum absolute atomic E-state index is 4.88. The minimum atomic E-state index is 0.451. The number of likely N-dealkylation sites (tertiary alicyclic amines) is 1. The van der Waals surface area contributed by atoms with Crippen molar-refractivity contribution in [2.24, 2.45) is 0 Å². The first-order chi connectivity index (χ1) is 14.2. The van der Waals surface area contributed by atoms with Gasteiger partial charge in [0.2, 0.25) is 5.95 Å². The summed E-state index contributed by atoms with van der Waals surface area (Å²) in [6.45, 7) is 9.69. The predicted octanol–water partition coefficient (Wildman–Crippen LogP) is 3.00. The molecule has 29 heavy (non-hydrogen) atoms. The van der Waals surface area contributed by atoms with Gasteiger partial charge >= 0.3 is 0 Å². The molecule has 0 atom stereocenters. The number of hydrogen-bond acceptors (Lipinski definition) is 6. The Hall–Kier alpha value is -2.18. The third kappa shape index (κ3) is 5.67. The Morgan fingerprint density at radius 3 is 2.55 bits per heavy atom. The van der Waals surface area contributed by atoms with E-state index in [2.05, 4.69) is 75.4 Å².